The summed E-state index contributed by atoms with van der Waals surface area (Å²) in [5, 5.41) is 0. The van der Waals surface area contributed by atoms with Crippen molar-refractivity contribution in [2.75, 3.05) is 0 Å². The molecule has 3 rings (SSSR count). The molecule has 0 aliphatic heterocycles. The van der Waals surface area contributed by atoms with Gasteiger partial charge < -0.3 is 9.40 Å². The highest BCUT2D eigenvalue weighted by atomic mass is 16.3. The van der Waals surface area contributed by atoms with Gasteiger partial charge in [0.25, 0.3) is 5.56 Å². The van der Waals surface area contributed by atoms with Crippen molar-refractivity contribution in [1.82, 2.24) is 9.97 Å². The average molecular weight is 294 g/mol. The Hall–Kier alpha value is -2.62. The Bertz CT molecular complexity index is 854. The van der Waals surface area contributed by atoms with Gasteiger partial charge in [-0.2, -0.15) is 0 Å². The van der Waals surface area contributed by atoms with Crippen molar-refractivity contribution < 1.29 is 4.42 Å². The van der Waals surface area contributed by atoms with Gasteiger partial charge in [0, 0.05) is 17.7 Å². The second-order valence-corrected chi connectivity index (χ2v) is 5.24. The van der Waals surface area contributed by atoms with E-state index >= 15 is 0 Å². The molecule has 0 radical (unpaired) electrons. The minimum absolute atomic E-state index is 0.0662. The molecule has 1 N–H and O–H groups in total. The average Bonchev–Trinajstić information content (AvgIpc) is 2.92. The molecule has 0 amide bonds. The zero-order chi connectivity index (χ0) is 15.5. The second-order valence-electron chi connectivity index (χ2n) is 5.24. The van der Waals surface area contributed by atoms with Crippen LogP contribution in [0.4, 0.5) is 0 Å². The van der Waals surface area contributed by atoms with Crippen LogP contribution in [0.15, 0.2) is 45.6 Å². The first-order valence-corrected chi connectivity index (χ1v) is 7.41. The van der Waals surface area contributed by atoms with Gasteiger partial charge in [0.1, 0.15) is 5.52 Å². The third-order valence-electron chi connectivity index (χ3n) is 3.68. The standard InChI is InChI=1S/C18H18N2O2/c1-3-13-11-14(18(21)19-12(13)2)7-6-10-17-20-15-8-4-5-9-16(15)22-17/h4-9,11H,3,10H2,1-2H3,(H,19,21)/b7-6+. The first-order valence-electron chi connectivity index (χ1n) is 7.41. The van der Waals surface area contributed by atoms with Crippen LogP contribution < -0.4 is 5.56 Å². The number of oxazole rings is 1. The molecule has 22 heavy (non-hydrogen) atoms. The number of allylic oxidation sites excluding steroid dienone is 1. The van der Waals surface area contributed by atoms with Gasteiger partial charge in [0.2, 0.25) is 0 Å². The first-order chi connectivity index (χ1) is 10.7. The number of nitrogens with zero attached hydrogens (tertiary/aromatic N) is 1. The van der Waals surface area contributed by atoms with Gasteiger partial charge in [-0.05, 0) is 37.1 Å². The number of nitrogens with one attached hydrogen (secondary N) is 1. The lowest BCUT2D eigenvalue weighted by Crippen LogP contribution is -2.12. The van der Waals surface area contributed by atoms with Crippen LogP contribution in [0.5, 0.6) is 0 Å². The molecule has 0 aliphatic carbocycles. The van der Waals surface area contributed by atoms with Gasteiger partial charge in [-0.1, -0.05) is 31.2 Å². The molecular weight excluding hydrogens is 276 g/mol. The maximum Gasteiger partial charge on any atom is 0.255 e. The lowest BCUT2D eigenvalue weighted by atomic mass is 10.1. The van der Waals surface area contributed by atoms with Crippen molar-refractivity contribution in [3.63, 3.8) is 0 Å². The number of aromatic amines is 1. The predicted molar refractivity (Wildman–Crippen MR) is 87.9 cm³/mol. The number of hydrogen-bond acceptors (Lipinski definition) is 3. The Morgan fingerprint density at radius 3 is 2.91 bits per heavy atom. The summed E-state index contributed by atoms with van der Waals surface area (Å²) in [5.74, 6) is 0.650. The highest BCUT2D eigenvalue weighted by Gasteiger charge is 2.04. The molecule has 2 heterocycles. The fraction of sp³-hybridized carbons (Fsp3) is 0.222. The maximum absolute atomic E-state index is 11.9. The van der Waals surface area contributed by atoms with Crippen LogP contribution >= 0.6 is 0 Å². The smallest absolute Gasteiger partial charge is 0.255 e. The summed E-state index contributed by atoms with van der Waals surface area (Å²) >= 11 is 0. The number of aromatic nitrogens is 2. The van der Waals surface area contributed by atoms with Crippen LogP contribution in [0.3, 0.4) is 0 Å². The highest BCUT2D eigenvalue weighted by Crippen LogP contribution is 2.15. The van der Waals surface area contributed by atoms with Crippen LogP contribution in [0, 0.1) is 6.92 Å². The van der Waals surface area contributed by atoms with Crippen LogP contribution in [0.25, 0.3) is 17.2 Å². The molecule has 1 aromatic carbocycles. The molecule has 0 saturated carbocycles. The van der Waals surface area contributed by atoms with E-state index in [0.717, 1.165) is 28.8 Å². The maximum atomic E-state index is 11.9. The van der Waals surface area contributed by atoms with Crippen molar-refractivity contribution in [3.05, 3.63) is 69.5 Å². The molecule has 0 unspecified atom stereocenters. The van der Waals surface area contributed by atoms with Gasteiger partial charge in [0.15, 0.2) is 11.5 Å². The Kier molecular flexibility index (Phi) is 3.92. The van der Waals surface area contributed by atoms with Crippen molar-refractivity contribution in [3.8, 4) is 0 Å². The quantitative estimate of drug-likeness (QED) is 0.799. The molecule has 0 saturated heterocycles. The van der Waals surface area contributed by atoms with Crippen LogP contribution in [0.2, 0.25) is 0 Å². The number of aryl methyl sites for hydroxylation is 2. The molecule has 4 heteroatoms. The van der Waals surface area contributed by atoms with Crippen LogP contribution in [0.1, 0.15) is 29.6 Å². The lowest BCUT2D eigenvalue weighted by molar-refractivity contribution is 0.547. The van der Waals surface area contributed by atoms with Gasteiger partial charge in [-0.3, -0.25) is 4.79 Å². The number of H-pyrrole nitrogens is 1. The van der Waals surface area contributed by atoms with Crippen LogP contribution in [-0.2, 0) is 12.8 Å². The Morgan fingerprint density at radius 1 is 1.32 bits per heavy atom. The Morgan fingerprint density at radius 2 is 2.14 bits per heavy atom. The van der Waals surface area contributed by atoms with E-state index in [1.807, 2.05) is 49.4 Å². The monoisotopic (exact) mass is 294 g/mol. The van der Waals surface area contributed by atoms with E-state index in [2.05, 4.69) is 16.9 Å². The number of pyridine rings is 1. The van der Waals surface area contributed by atoms with Crippen molar-refractivity contribution in [1.29, 1.82) is 0 Å². The molecule has 0 atom stereocenters. The Labute approximate surface area is 128 Å². The molecule has 0 spiro atoms. The van der Waals surface area contributed by atoms with E-state index < -0.39 is 0 Å². The minimum Gasteiger partial charge on any atom is -0.440 e. The number of rotatable bonds is 4. The second kappa shape index (κ2) is 6.02. The minimum atomic E-state index is -0.0662. The Balaban J connectivity index is 1.81. The SMILES string of the molecule is CCc1cc(/C=C/Cc2nc3ccccc3o2)c(=O)[nH]c1C. The van der Waals surface area contributed by atoms with Gasteiger partial charge >= 0.3 is 0 Å². The third kappa shape index (κ3) is 2.86. The summed E-state index contributed by atoms with van der Waals surface area (Å²) in [6.45, 7) is 4.00. The summed E-state index contributed by atoms with van der Waals surface area (Å²) in [6.07, 6.45) is 5.19. The van der Waals surface area contributed by atoms with Gasteiger partial charge in [0.05, 0.1) is 0 Å². The fourth-order valence-electron chi connectivity index (χ4n) is 2.47. The van der Waals surface area contributed by atoms with E-state index in [4.69, 9.17) is 4.42 Å². The summed E-state index contributed by atoms with van der Waals surface area (Å²) < 4.78 is 5.65. The number of fused-ring (bicyclic) bond motifs is 1. The van der Waals surface area contributed by atoms with E-state index in [-0.39, 0.29) is 5.56 Å². The summed E-state index contributed by atoms with van der Waals surface area (Å²) in [7, 11) is 0. The summed E-state index contributed by atoms with van der Waals surface area (Å²) in [4.78, 5) is 19.2. The molecule has 112 valence electrons. The molecule has 0 aliphatic rings. The van der Waals surface area contributed by atoms with Gasteiger partial charge in [-0.25, -0.2) is 4.98 Å². The van der Waals surface area contributed by atoms with E-state index in [9.17, 15) is 4.79 Å². The van der Waals surface area contributed by atoms with E-state index in [1.54, 1.807) is 0 Å². The molecule has 2 aromatic heterocycles. The van der Waals surface area contributed by atoms with Gasteiger partial charge in [-0.15, -0.1) is 0 Å². The number of para-hydroxylation sites is 2. The first kappa shape index (κ1) is 14.3. The van der Waals surface area contributed by atoms with Crippen molar-refractivity contribution >= 4 is 17.2 Å². The van der Waals surface area contributed by atoms with Crippen molar-refractivity contribution in [2.45, 2.75) is 26.7 Å². The summed E-state index contributed by atoms with van der Waals surface area (Å²) in [5.41, 5.74) is 4.33. The zero-order valence-electron chi connectivity index (χ0n) is 12.7. The summed E-state index contributed by atoms with van der Waals surface area (Å²) in [6, 6.07) is 9.61. The topological polar surface area (TPSA) is 58.9 Å². The highest BCUT2D eigenvalue weighted by molar-refractivity contribution is 5.72. The normalized spacial score (nSPS) is 11.5. The molecule has 0 fully saturated rings. The van der Waals surface area contributed by atoms with E-state index in [0.29, 0.717) is 17.9 Å². The molecule has 3 aromatic rings. The molecular formula is C18H18N2O2. The molecule has 0 bridgehead atoms. The molecule has 4 nitrogen and oxygen atoms in total. The van der Waals surface area contributed by atoms with E-state index in [1.165, 1.54) is 0 Å². The van der Waals surface area contributed by atoms with Crippen LogP contribution in [-0.4, -0.2) is 9.97 Å². The fourth-order valence-corrected chi connectivity index (χ4v) is 2.47. The predicted octanol–water partition coefficient (Wildman–Crippen LogP) is 3.64. The largest absolute Gasteiger partial charge is 0.440 e. The van der Waals surface area contributed by atoms with Crippen molar-refractivity contribution in [2.24, 2.45) is 0 Å². The third-order valence-corrected chi connectivity index (χ3v) is 3.68. The lowest BCUT2D eigenvalue weighted by Gasteiger charge is -2.03. The number of hydrogen-bond donors (Lipinski definition) is 1. The zero-order valence-corrected chi connectivity index (χ0v) is 12.7. The number of benzene rings is 1.